The number of hydrogen-bond acceptors (Lipinski definition) is 2. The van der Waals surface area contributed by atoms with E-state index in [9.17, 15) is 26.7 Å². The van der Waals surface area contributed by atoms with Gasteiger partial charge in [-0.15, -0.1) is 0 Å². The lowest BCUT2D eigenvalue weighted by molar-refractivity contribution is 0.0600. The Balaban J connectivity index is 2.37. The standard InChI is InChI=1S/C15H9F5O2/c1-22-15(21)8-4-2-7(3-5-8)6-9-10(16)12(18)14(20)13(19)11(9)17/h2-5H,6H2,1H3. The van der Waals surface area contributed by atoms with E-state index in [-0.39, 0.29) is 11.1 Å². The predicted octanol–water partition coefficient (Wildman–Crippen LogP) is 3.76. The van der Waals surface area contributed by atoms with Crippen LogP contribution < -0.4 is 0 Å². The summed E-state index contributed by atoms with van der Waals surface area (Å²) in [7, 11) is 1.19. The van der Waals surface area contributed by atoms with Crippen LogP contribution in [0.5, 0.6) is 0 Å². The average molecular weight is 316 g/mol. The molecule has 0 aliphatic rings. The maximum absolute atomic E-state index is 13.6. The van der Waals surface area contributed by atoms with E-state index in [1.165, 1.54) is 31.4 Å². The van der Waals surface area contributed by atoms with Gasteiger partial charge in [-0.25, -0.2) is 26.7 Å². The van der Waals surface area contributed by atoms with Gasteiger partial charge in [-0.1, -0.05) is 12.1 Å². The van der Waals surface area contributed by atoms with Gasteiger partial charge in [0.1, 0.15) is 0 Å². The van der Waals surface area contributed by atoms with Crippen LogP contribution in [0.3, 0.4) is 0 Å². The van der Waals surface area contributed by atoms with Gasteiger partial charge in [0, 0.05) is 12.0 Å². The minimum Gasteiger partial charge on any atom is -0.465 e. The minimum absolute atomic E-state index is 0.198. The van der Waals surface area contributed by atoms with Gasteiger partial charge in [0.05, 0.1) is 12.7 Å². The molecule has 116 valence electrons. The fraction of sp³-hybridized carbons (Fsp3) is 0.133. The lowest BCUT2D eigenvalue weighted by atomic mass is 10.0. The molecule has 22 heavy (non-hydrogen) atoms. The highest BCUT2D eigenvalue weighted by Crippen LogP contribution is 2.25. The van der Waals surface area contributed by atoms with Crippen LogP contribution in [0.15, 0.2) is 24.3 Å². The van der Waals surface area contributed by atoms with Crippen molar-refractivity contribution < 1.29 is 31.5 Å². The summed E-state index contributed by atoms with van der Waals surface area (Å²) in [5, 5.41) is 0. The van der Waals surface area contributed by atoms with E-state index in [1.54, 1.807) is 0 Å². The summed E-state index contributed by atoms with van der Waals surface area (Å²) >= 11 is 0. The van der Waals surface area contributed by atoms with Gasteiger partial charge in [-0.3, -0.25) is 0 Å². The molecule has 0 fully saturated rings. The summed E-state index contributed by atoms with van der Waals surface area (Å²) in [6.45, 7) is 0. The number of benzene rings is 2. The molecule has 0 bridgehead atoms. The summed E-state index contributed by atoms with van der Waals surface area (Å²) in [4.78, 5) is 11.2. The number of ether oxygens (including phenoxy) is 1. The fourth-order valence-electron chi connectivity index (χ4n) is 1.89. The normalized spacial score (nSPS) is 10.6. The first kappa shape index (κ1) is 15.9. The van der Waals surface area contributed by atoms with Crippen molar-refractivity contribution in [1.82, 2.24) is 0 Å². The first-order valence-electron chi connectivity index (χ1n) is 6.04. The zero-order valence-electron chi connectivity index (χ0n) is 11.2. The van der Waals surface area contributed by atoms with E-state index in [1.807, 2.05) is 0 Å². The number of esters is 1. The van der Waals surface area contributed by atoms with Crippen LogP contribution in [0, 0.1) is 29.1 Å². The highest BCUT2D eigenvalue weighted by Gasteiger charge is 2.25. The van der Waals surface area contributed by atoms with E-state index < -0.39 is 47.0 Å². The first-order chi connectivity index (χ1) is 10.4. The Hall–Kier alpha value is -2.44. The topological polar surface area (TPSA) is 26.3 Å². The summed E-state index contributed by atoms with van der Waals surface area (Å²) in [5.74, 6) is -10.5. The second-order valence-electron chi connectivity index (χ2n) is 4.41. The van der Waals surface area contributed by atoms with Crippen LogP contribution in [0.2, 0.25) is 0 Å². The number of carbonyl (C=O) groups is 1. The maximum atomic E-state index is 13.6. The molecule has 2 rings (SSSR count). The van der Waals surface area contributed by atoms with Crippen molar-refractivity contribution >= 4 is 5.97 Å². The highest BCUT2D eigenvalue weighted by molar-refractivity contribution is 5.89. The fourth-order valence-corrected chi connectivity index (χ4v) is 1.89. The molecule has 0 N–H and O–H groups in total. The largest absolute Gasteiger partial charge is 0.465 e. The van der Waals surface area contributed by atoms with Crippen LogP contribution in [0.25, 0.3) is 0 Å². The maximum Gasteiger partial charge on any atom is 0.337 e. The Bertz CT molecular complexity index is 697. The Morgan fingerprint density at radius 3 is 1.77 bits per heavy atom. The SMILES string of the molecule is COC(=O)c1ccc(Cc2c(F)c(F)c(F)c(F)c2F)cc1. The van der Waals surface area contributed by atoms with Crippen LogP contribution in [-0.2, 0) is 11.2 Å². The number of hydrogen-bond donors (Lipinski definition) is 0. The van der Waals surface area contributed by atoms with Crippen molar-refractivity contribution in [1.29, 1.82) is 0 Å². The molecule has 0 aliphatic heterocycles. The van der Waals surface area contributed by atoms with Gasteiger partial charge in [0.2, 0.25) is 5.82 Å². The Kier molecular flexibility index (Phi) is 4.44. The summed E-state index contributed by atoms with van der Waals surface area (Å²) < 4.78 is 70.7. The highest BCUT2D eigenvalue weighted by atomic mass is 19.2. The summed E-state index contributed by atoms with van der Waals surface area (Å²) in [6.07, 6.45) is -0.507. The Labute approximate surface area is 122 Å². The van der Waals surface area contributed by atoms with Crippen molar-refractivity contribution in [3.05, 3.63) is 70.0 Å². The third-order valence-electron chi connectivity index (χ3n) is 3.06. The lowest BCUT2D eigenvalue weighted by Crippen LogP contribution is -2.08. The van der Waals surface area contributed by atoms with Crippen molar-refractivity contribution in [2.75, 3.05) is 7.11 Å². The molecule has 0 amide bonds. The second kappa shape index (κ2) is 6.13. The molecule has 0 radical (unpaired) electrons. The molecular formula is C15H9F5O2. The number of methoxy groups -OCH3 is 1. The van der Waals surface area contributed by atoms with E-state index in [4.69, 9.17) is 0 Å². The zero-order chi connectivity index (χ0) is 16.4. The van der Waals surface area contributed by atoms with Crippen molar-refractivity contribution in [2.45, 2.75) is 6.42 Å². The van der Waals surface area contributed by atoms with E-state index in [2.05, 4.69) is 4.74 Å². The van der Waals surface area contributed by atoms with Gasteiger partial charge >= 0.3 is 5.97 Å². The van der Waals surface area contributed by atoms with Crippen molar-refractivity contribution in [2.24, 2.45) is 0 Å². The summed E-state index contributed by atoms with van der Waals surface area (Å²) in [5.41, 5.74) is -0.457. The Morgan fingerprint density at radius 1 is 0.864 bits per heavy atom. The molecule has 0 atom stereocenters. The predicted molar refractivity (Wildman–Crippen MR) is 66.8 cm³/mol. The Morgan fingerprint density at radius 2 is 1.32 bits per heavy atom. The van der Waals surface area contributed by atoms with E-state index >= 15 is 0 Å². The van der Waals surface area contributed by atoms with Crippen LogP contribution >= 0.6 is 0 Å². The number of rotatable bonds is 3. The van der Waals surface area contributed by atoms with E-state index in [0.717, 1.165) is 0 Å². The molecule has 7 heteroatoms. The molecular weight excluding hydrogens is 307 g/mol. The molecule has 2 aromatic carbocycles. The molecule has 0 aromatic heterocycles. The van der Waals surface area contributed by atoms with Crippen molar-refractivity contribution in [3.63, 3.8) is 0 Å². The smallest absolute Gasteiger partial charge is 0.337 e. The van der Waals surface area contributed by atoms with Gasteiger partial charge in [0.25, 0.3) is 0 Å². The molecule has 0 heterocycles. The average Bonchev–Trinajstić information content (AvgIpc) is 2.55. The summed E-state index contributed by atoms with van der Waals surface area (Å²) in [6, 6.07) is 5.33. The molecule has 0 unspecified atom stereocenters. The molecule has 0 aliphatic carbocycles. The van der Waals surface area contributed by atoms with Gasteiger partial charge in [-0.2, -0.15) is 0 Å². The molecule has 2 aromatic rings. The monoisotopic (exact) mass is 316 g/mol. The van der Waals surface area contributed by atoms with Crippen LogP contribution in [0.4, 0.5) is 22.0 Å². The zero-order valence-corrected chi connectivity index (χ0v) is 11.2. The second-order valence-corrected chi connectivity index (χ2v) is 4.41. The number of carbonyl (C=O) groups excluding carboxylic acids is 1. The first-order valence-corrected chi connectivity index (χ1v) is 6.04. The number of halogens is 5. The third-order valence-corrected chi connectivity index (χ3v) is 3.06. The lowest BCUT2D eigenvalue weighted by Gasteiger charge is -2.08. The van der Waals surface area contributed by atoms with Gasteiger partial charge in [-0.05, 0) is 17.7 Å². The quantitative estimate of drug-likeness (QED) is 0.373. The van der Waals surface area contributed by atoms with Gasteiger partial charge < -0.3 is 4.74 Å². The van der Waals surface area contributed by atoms with Crippen LogP contribution in [-0.4, -0.2) is 13.1 Å². The molecule has 2 nitrogen and oxygen atoms in total. The van der Waals surface area contributed by atoms with E-state index in [0.29, 0.717) is 0 Å². The third kappa shape index (κ3) is 2.79. The molecule has 0 saturated carbocycles. The minimum atomic E-state index is -2.19. The molecule has 0 spiro atoms. The molecule has 0 saturated heterocycles. The van der Waals surface area contributed by atoms with Crippen molar-refractivity contribution in [3.8, 4) is 0 Å². The van der Waals surface area contributed by atoms with Crippen LogP contribution in [0.1, 0.15) is 21.5 Å². The van der Waals surface area contributed by atoms with Gasteiger partial charge in [0.15, 0.2) is 23.3 Å².